The van der Waals surface area contributed by atoms with Gasteiger partial charge in [-0.15, -0.1) is 10.2 Å². The summed E-state index contributed by atoms with van der Waals surface area (Å²) in [7, 11) is 0. The van der Waals surface area contributed by atoms with Gasteiger partial charge in [0, 0.05) is 11.3 Å². The Morgan fingerprint density at radius 2 is 1.89 bits per heavy atom. The van der Waals surface area contributed by atoms with Gasteiger partial charge in [0.2, 0.25) is 4.96 Å². The molecule has 0 saturated heterocycles. The number of hydrogen-bond acceptors (Lipinski definition) is 6. The van der Waals surface area contributed by atoms with Crippen molar-refractivity contribution >= 4 is 27.9 Å². The molecule has 2 heterocycles. The number of amides is 1. The fraction of sp³-hybridized carbons (Fsp3) is 0.158. The van der Waals surface area contributed by atoms with Crippen LogP contribution in [0.4, 0.5) is 5.69 Å². The molecule has 0 unspecified atom stereocenters. The highest BCUT2D eigenvalue weighted by molar-refractivity contribution is 7.19. The third-order valence-corrected chi connectivity index (χ3v) is 4.83. The Bertz CT molecular complexity index is 1050. The Morgan fingerprint density at radius 3 is 2.59 bits per heavy atom. The molecule has 0 atom stereocenters. The molecule has 0 radical (unpaired) electrons. The summed E-state index contributed by atoms with van der Waals surface area (Å²) in [4.78, 5) is 12.9. The van der Waals surface area contributed by atoms with Crippen molar-refractivity contribution in [1.29, 1.82) is 0 Å². The van der Waals surface area contributed by atoms with Crippen LogP contribution >= 0.6 is 11.3 Å². The van der Waals surface area contributed by atoms with Crippen LogP contribution in [0.25, 0.3) is 15.5 Å². The van der Waals surface area contributed by atoms with E-state index in [1.54, 1.807) is 10.8 Å². The van der Waals surface area contributed by atoms with Crippen molar-refractivity contribution in [3.05, 3.63) is 59.9 Å². The van der Waals surface area contributed by atoms with Gasteiger partial charge in [0.05, 0.1) is 0 Å². The first-order valence-corrected chi connectivity index (χ1v) is 9.17. The zero-order valence-corrected chi connectivity index (χ0v) is 15.7. The molecule has 1 amide bonds. The van der Waals surface area contributed by atoms with Crippen LogP contribution in [0.2, 0.25) is 0 Å². The largest absolute Gasteiger partial charge is 0.484 e. The van der Waals surface area contributed by atoms with Gasteiger partial charge in [0.15, 0.2) is 6.61 Å². The monoisotopic (exact) mass is 379 g/mol. The predicted molar refractivity (Wildman–Crippen MR) is 104 cm³/mol. The molecule has 136 valence electrons. The molecule has 0 fully saturated rings. The molecule has 4 rings (SSSR count). The third kappa shape index (κ3) is 3.95. The molecule has 0 spiro atoms. The van der Waals surface area contributed by atoms with E-state index < -0.39 is 0 Å². The number of benzene rings is 2. The summed E-state index contributed by atoms with van der Waals surface area (Å²) in [6, 6.07) is 13.4. The molecule has 0 bridgehead atoms. The number of carbonyl (C=O) groups is 1. The molecule has 2 aromatic carbocycles. The Hall–Kier alpha value is -3.26. The van der Waals surface area contributed by atoms with Crippen LogP contribution in [0.1, 0.15) is 11.1 Å². The summed E-state index contributed by atoms with van der Waals surface area (Å²) >= 11 is 1.46. The second-order valence-electron chi connectivity index (χ2n) is 6.20. The lowest BCUT2D eigenvalue weighted by atomic mass is 10.1. The Labute approximate surface area is 159 Å². The predicted octanol–water partition coefficient (Wildman–Crippen LogP) is 3.49. The van der Waals surface area contributed by atoms with E-state index in [0.29, 0.717) is 11.4 Å². The number of ether oxygens (including phenoxy) is 1. The van der Waals surface area contributed by atoms with Gasteiger partial charge in [-0.25, -0.2) is 0 Å². The molecule has 4 aromatic rings. The van der Waals surface area contributed by atoms with Gasteiger partial charge in [-0.1, -0.05) is 17.4 Å². The Balaban J connectivity index is 1.37. The molecule has 8 heteroatoms. The van der Waals surface area contributed by atoms with E-state index in [1.165, 1.54) is 11.3 Å². The van der Waals surface area contributed by atoms with Crippen LogP contribution in [-0.4, -0.2) is 32.3 Å². The Morgan fingerprint density at radius 1 is 1.15 bits per heavy atom. The molecule has 1 N–H and O–H groups in total. The van der Waals surface area contributed by atoms with Crippen molar-refractivity contribution in [1.82, 2.24) is 19.8 Å². The second kappa shape index (κ2) is 7.16. The van der Waals surface area contributed by atoms with Crippen LogP contribution in [0.5, 0.6) is 5.75 Å². The van der Waals surface area contributed by atoms with Gasteiger partial charge < -0.3 is 10.1 Å². The maximum Gasteiger partial charge on any atom is 0.262 e. The van der Waals surface area contributed by atoms with Crippen molar-refractivity contribution in [2.75, 3.05) is 11.9 Å². The Kier molecular flexibility index (Phi) is 4.55. The number of aryl methyl sites for hydroxylation is 2. The molecule has 0 aliphatic rings. The minimum Gasteiger partial charge on any atom is -0.484 e. The summed E-state index contributed by atoms with van der Waals surface area (Å²) in [6.07, 6.45) is 1.57. The molecular formula is C19H17N5O2S. The average molecular weight is 379 g/mol. The zero-order chi connectivity index (χ0) is 18.8. The minimum absolute atomic E-state index is 0.0404. The highest BCUT2D eigenvalue weighted by atomic mass is 32.1. The first-order valence-electron chi connectivity index (χ1n) is 8.35. The summed E-state index contributed by atoms with van der Waals surface area (Å²) < 4.78 is 7.22. The van der Waals surface area contributed by atoms with Crippen LogP contribution < -0.4 is 10.1 Å². The maximum absolute atomic E-state index is 12.1. The fourth-order valence-electron chi connectivity index (χ4n) is 2.73. The quantitative estimate of drug-likeness (QED) is 0.574. The summed E-state index contributed by atoms with van der Waals surface area (Å²) in [6.45, 7) is 3.96. The molecule has 0 aliphatic carbocycles. The first kappa shape index (κ1) is 17.2. The minimum atomic E-state index is -0.208. The average Bonchev–Trinajstić information content (AvgIpc) is 3.22. The molecule has 7 nitrogen and oxygen atoms in total. The zero-order valence-electron chi connectivity index (χ0n) is 14.8. The lowest BCUT2D eigenvalue weighted by Gasteiger charge is -2.09. The third-order valence-electron chi connectivity index (χ3n) is 3.87. The number of nitrogens with zero attached hydrogens (tertiary/aromatic N) is 4. The number of rotatable bonds is 5. The molecular weight excluding hydrogens is 362 g/mol. The van der Waals surface area contributed by atoms with Gasteiger partial charge in [-0.05, 0) is 61.4 Å². The summed E-state index contributed by atoms with van der Waals surface area (Å²) in [5.41, 5.74) is 3.86. The normalized spacial score (nSPS) is 10.9. The number of nitrogens with one attached hydrogen (secondary N) is 1. The van der Waals surface area contributed by atoms with Crippen molar-refractivity contribution in [2.45, 2.75) is 13.8 Å². The standard InChI is InChI=1S/C19H17N5O2S/c1-12-7-13(2)9-16(8-12)26-10-17(25)21-15-5-3-14(4-6-15)18-23-24-11-20-22-19(24)27-18/h3-9,11H,10H2,1-2H3,(H,21,25). The molecule has 27 heavy (non-hydrogen) atoms. The van der Waals surface area contributed by atoms with Gasteiger partial charge in [0.25, 0.3) is 5.91 Å². The van der Waals surface area contributed by atoms with Gasteiger partial charge in [-0.2, -0.15) is 9.61 Å². The second-order valence-corrected chi connectivity index (χ2v) is 7.16. The topological polar surface area (TPSA) is 81.4 Å². The van der Waals surface area contributed by atoms with Crippen molar-refractivity contribution in [3.8, 4) is 16.3 Å². The number of carbonyl (C=O) groups excluding carboxylic acids is 1. The number of fused-ring (bicyclic) bond motifs is 1. The van der Waals surface area contributed by atoms with Gasteiger partial charge in [-0.3, -0.25) is 4.79 Å². The lowest BCUT2D eigenvalue weighted by Crippen LogP contribution is -2.20. The van der Waals surface area contributed by atoms with E-state index in [2.05, 4.69) is 26.7 Å². The molecule has 2 aromatic heterocycles. The van der Waals surface area contributed by atoms with Gasteiger partial charge >= 0.3 is 0 Å². The SMILES string of the molecule is Cc1cc(C)cc(OCC(=O)Nc2ccc(-c3nn4cnnc4s3)cc2)c1. The molecule has 0 aliphatic heterocycles. The first-order chi connectivity index (χ1) is 13.1. The lowest BCUT2D eigenvalue weighted by molar-refractivity contribution is -0.118. The van der Waals surface area contributed by atoms with Crippen molar-refractivity contribution < 1.29 is 9.53 Å². The highest BCUT2D eigenvalue weighted by Gasteiger charge is 2.09. The smallest absolute Gasteiger partial charge is 0.262 e. The van der Waals surface area contributed by atoms with E-state index in [1.807, 2.05) is 50.2 Å². The summed E-state index contributed by atoms with van der Waals surface area (Å²) in [5.74, 6) is 0.488. The van der Waals surface area contributed by atoms with E-state index in [4.69, 9.17) is 4.74 Å². The highest BCUT2D eigenvalue weighted by Crippen LogP contribution is 2.25. The fourth-order valence-corrected chi connectivity index (χ4v) is 3.56. The van der Waals surface area contributed by atoms with Crippen LogP contribution in [0, 0.1) is 13.8 Å². The van der Waals surface area contributed by atoms with E-state index >= 15 is 0 Å². The summed E-state index contributed by atoms with van der Waals surface area (Å²) in [5, 5.41) is 15.9. The number of aromatic nitrogens is 4. The maximum atomic E-state index is 12.1. The van der Waals surface area contributed by atoms with E-state index in [0.717, 1.165) is 26.7 Å². The van der Waals surface area contributed by atoms with Crippen LogP contribution in [0.15, 0.2) is 48.8 Å². The van der Waals surface area contributed by atoms with Crippen LogP contribution in [0.3, 0.4) is 0 Å². The number of hydrogen-bond donors (Lipinski definition) is 1. The van der Waals surface area contributed by atoms with Crippen molar-refractivity contribution in [3.63, 3.8) is 0 Å². The van der Waals surface area contributed by atoms with Crippen LogP contribution in [-0.2, 0) is 4.79 Å². The van der Waals surface area contributed by atoms with E-state index in [9.17, 15) is 4.79 Å². The van der Waals surface area contributed by atoms with Crippen molar-refractivity contribution in [2.24, 2.45) is 0 Å². The molecule has 0 saturated carbocycles. The van der Waals surface area contributed by atoms with E-state index in [-0.39, 0.29) is 12.5 Å². The van der Waals surface area contributed by atoms with Gasteiger partial charge in [0.1, 0.15) is 17.1 Å². The number of anilines is 1.